The third kappa shape index (κ3) is 2.42. The van der Waals surface area contributed by atoms with Gasteiger partial charge in [-0.1, -0.05) is 17.2 Å². The van der Waals surface area contributed by atoms with Gasteiger partial charge in [0.2, 0.25) is 0 Å². The largest absolute Gasteiger partial charge is 0.369 e. The number of rotatable bonds is 5. The molecule has 6 heteroatoms. The molecule has 1 heterocycles. The number of fused-ring (bicyclic) bond motifs is 1. The van der Waals surface area contributed by atoms with E-state index in [1.165, 1.54) is 12.1 Å². The van der Waals surface area contributed by atoms with Gasteiger partial charge >= 0.3 is 5.97 Å². The van der Waals surface area contributed by atoms with Crippen LogP contribution in [0.1, 0.15) is 33.6 Å². The smallest absolute Gasteiger partial charge is 0.358 e. The summed E-state index contributed by atoms with van der Waals surface area (Å²) in [6.07, 6.45) is 2.24. The summed E-state index contributed by atoms with van der Waals surface area (Å²) >= 11 is 0. The summed E-state index contributed by atoms with van der Waals surface area (Å²) in [6.45, 7) is 0.251. The third-order valence-corrected chi connectivity index (χ3v) is 3.22. The van der Waals surface area contributed by atoms with E-state index >= 15 is 0 Å². The topological polar surface area (TPSA) is 72.9 Å². The Kier molecular flexibility index (Phi) is 3.23. The number of hydrogen-bond acceptors (Lipinski definition) is 5. The van der Waals surface area contributed by atoms with Gasteiger partial charge < -0.3 is 9.57 Å². The Morgan fingerprint density at radius 1 is 1.15 bits per heavy atom. The summed E-state index contributed by atoms with van der Waals surface area (Å²) in [7, 11) is 0. The first-order chi connectivity index (χ1) is 9.66. The van der Waals surface area contributed by atoms with Gasteiger partial charge in [0.25, 0.3) is 11.8 Å². The van der Waals surface area contributed by atoms with Crippen LogP contribution in [-0.4, -0.2) is 36.1 Å². The van der Waals surface area contributed by atoms with E-state index < -0.39 is 17.8 Å². The molecule has 0 radical (unpaired) electrons. The maximum absolute atomic E-state index is 11.9. The van der Waals surface area contributed by atoms with Crippen LogP contribution in [0.25, 0.3) is 0 Å². The molecule has 0 unspecified atom stereocenters. The molecule has 2 aliphatic rings. The number of benzene rings is 1. The molecule has 1 aromatic carbocycles. The number of hydroxylamine groups is 2. The first-order valence-electron chi connectivity index (χ1n) is 6.43. The van der Waals surface area contributed by atoms with Gasteiger partial charge in [-0.05, 0) is 30.9 Å². The zero-order valence-electron chi connectivity index (χ0n) is 10.7. The number of carbonyl (C=O) groups excluding carboxylic acids is 3. The van der Waals surface area contributed by atoms with Crippen molar-refractivity contribution in [2.24, 2.45) is 5.92 Å². The van der Waals surface area contributed by atoms with E-state index in [4.69, 9.17) is 9.57 Å². The van der Waals surface area contributed by atoms with Crippen LogP contribution < -0.4 is 0 Å². The molecule has 1 aromatic rings. The summed E-state index contributed by atoms with van der Waals surface area (Å²) in [5.41, 5.74) is 0.480. The molecule has 20 heavy (non-hydrogen) atoms. The second-order valence-electron chi connectivity index (χ2n) is 4.87. The van der Waals surface area contributed by atoms with Crippen molar-refractivity contribution in [1.29, 1.82) is 0 Å². The van der Waals surface area contributed by atoms with Crippen molar-refractivity contribution in [2.75, 3.05) is 13.2 Å². The number of carbonyl (C=O) groups is 3. The van der Waals surface area contributed by atoms with Crippen molar-refractivity contribution >= 4 is 17.8 Å². The van der Waals surface area contributed by atoms with Gasteiger partial charge in [0.15, 0.2) is 0 Å². The fourth-order valence-electron chi connectivity index (χ4n) is 1.97. The molecule has 2 amide bonds. The molecule has 1 aliphatic heterocycles. The van der Waals surface area contributed by atoms with E-state index in [1.54, 1.807) is 12.1 Å². The predicted octanol–water partition coefficient (Wildman–Crippen LogP) is 1.17. The highest BCUT2D eigenvalue weighted by Gasteiger charge is 2.38. The summed E-state index contributed by atoms with van der Waals surface area (Å²) in [6, 6.07) is 6.34. The molecule has 0 aromatic heterocycles. The molecule has 1 fully saturated rings. The molecule has 0 bridgehead atoms. The van der Waals surface area contributed by atoms with E-state index in [9.17, 15) is 14.4 Å². The van der Waals surface area contributed by atoms with Crippen molar-refractivity contribution in [1.82, 2.24) is 5.06 Å². The second kappa shape index (κ2) is 5.05. The molecule has 1 saturated carbocycles. The molecule has 0 spiro atoms. The third-order valence-electron chi connectivity index (χ3n) is 3.22. The lowest BCUT2D eigenvalue weighted by Crippen LogP contribution is -2.34. The fourth-order valence-corrected chi connectivity index (χ4v) is 1.97. The van der Waals surface area contributed by atoms with E-state index in [1.807, 2.05) is 0 Å². The van der Waals surface area contributed by atoms with Crippen LogP contribution in [0.5, 0.6) is 0 Å². The number of imide groups is 1. The lowest BCUT2D eigenvalue weighted by atomic mass is 10.1. The Morgan fingerprint density at radius 2 is 1.75 bits per heavy atom. The summed E-state index contributed by atoms with van der Waals surface area (Å²) < 4.78 is 5.15. The predicted molar refractivity (Wildman–Crippen MR) is 66.6 cm³/mol. The molecule has 0 N–H and O–H groups in total. The normalized spacial score (nSPS) is 17.3. The maximum Gasteiger partial charge on any atom is 0.358 e. The van der Waals surface area contributed by atoms with Crippen LogP contribution in [0.3, 0.4) is 0 Å². The monoisotopic (exact) mass is 275 g/mol. The Labute approximate surface area is 115 Å². The molecule has 3 rings (SSSR count). The number of amides is 2. The number of nitrogens with zero attached hydrogens (tertiary/aromatic N) is 1. The lowest BCUT2D eigenvalue weighted by Gasteiger charge is -2.12. The SMILES string of the molecule is O=C(COCC1CC1)ON1C(=O)c2ccccc2C1=O. The number of ether oxygens (including phenoxy) is 1. The Morgan fingerprint density at radius 3 is 2.30 bits per heavy atom. The second-order valence-corrected chi connectivity index (χ2v) is 4.87. The van der Waals surface area contributed by atoms with Gasteiger partial charge in [-0.25, -0.2) is 4.79 Å². The highest BCUT2D eigenvalue weighted by Crippen LogP contribution is 2.28. The average molecular weight is 275 g/mol. The molecular formula is C14H13NO5. The number of hydrogen-bond donors (Lipinski definition) is 0. The van der Waals surface area contributed by atoms with Gasteiger partial charge in [0.1, 0.15) is 6.61 Å². The van der Waals surface area contributed by atoms with Crippen LogP contribution in [0.2, 0.25) is 0 Å². The van der Waals surface area contributed by atoms with Crippen LogP contribution in [0, 0.1) is 5.92 Å². The van der Waals surface area contributed by atoms with Gasteiger partial charge in [-0.15, -0.1) is 0 Å². The molecule has 104 valence electrons. The van der Waals surface area contributed by atoms with Crippen molar-refractivity contribution < 1.29 is 24.0 Å². The fraction of sp³-hybridized carbons (Fsp3) is 0.357. The van der Waals surface area contributed by atoms with Crippen LogP contribution in [-0.2, 0) is 14.4 Å². The molecule has 1 aliphatic carbocycles. The minimum absolute atomic E-state index is 0.240. The van der Waals surface area contributed by atoms with Gasteiger partial charge in [-0.3, -0.25) is 9.59 Å². The quantitative estimate of drug-likeness (QED) is 0.754. The standard InChI is InChI=1S/C14H13NO5/c16-12(8-19-7-9-5-6-9)20-15-13(17)10-3-1-2-4-11(10)14(15)18/h1-4,9H,5-8H2. The zero-order chi connectivity index (χ0) is 14.1. The lowest BCUT2D eigenvalue weighted by molar-refractivity contribution is -0.173. The Bertz CT molecular complexity index is 544. The van der Waals surface area contributed by atoms with Crippen molar-refractivity contribution in [2.45, 2.75) is 12.8 Å². The molecule has 6 nitrogen and oxygen atoms in total. The van der Waals surface area contributed by atoms with Crippen LogP contribution >= 0.6 is 0 Å². The maximum atomic E-state index is 11.9. The average Bonchev–Trinajstić information content (AvgIpc) is 3.24. The first kappa shape index (κ1) is 12.8. The summed E-state index contributed by atoms with van der Waals surface area (Å²) in [5.74, 6) is -1.47. The molecule has 0 atom stereocenters. The van der Waals surface area contributed by atoms with E-state index in [2.05, 4.69) is 0 Å². The minimum Gasteiger partial charge on any atom is -0.369 e. The van der Waals surface area contributed by atoms with Crippen LogP contribution in [0.4, 0.5) is 0 Å². The zero-order valence-corrected chi connectivity index (χ0v) is 10.7. The van der Waals surface area contributed by atoms with Crippen molar-refractivity contribution in [3.63, 3.8) is 0 Å². The van der Waals surface area contributed by atoms with Gasteiger partial charge in [-0.2, -0.15) is 0 Å². The summed E-state index contributed by atoms with van der Waals surface area (Å²) in [4.78, 5) is 40.2. The Hall–Kier alpha value is -2.21. The summed E-state index contributed by atoms with van der Waals surface area (Å²) in [5, 5.41) is 0.494. The van der Waals surface area contributed by atoms with Crippen molar-refractivity contribution in [3.05, 3.63) is 35.4 Å². The Balaban J connectivity index is 1.59. The van der Waals surface area contributed by atoms with Gasteiger partial charge in [0, 0.05) is 0 Å². The highest BCUT2D eigenvalue weighted by atomic mass is 16.7. The van der Waals surface area contributed by atoms with E-state index in [0.29, 0.717) is 17.6 Å². The first-order valence-corrected chi connectivity index (χ1v) is 6.43. The minimum atomic E-state index is -0.750. The highest BCUT2D eigenvalue weighted by molar-refractivity contribution is 6.20. The van der Waals surface area contributed by atoms with E-state index in [0.717, 1.165) is 12.8 Å². The molecule has 0 saturated heterocycles. The van der Waals surface area contributed by atoms with Crippen molar-refractivity contribution in [3.8, 4) is 0 Å². The van der Waals surface area contributed by atoms with E-state index in [-0.39, 0.29) is 17.7 Å². The molecular weight excluding hydrogens is 262 g/mol. The van der Waals surface area contributed by atoms with Crippen LogP contribution in [0.15, 0.2) is 24.3 Å². The van der Waals surface area contributed by atoms with Gasteiger partial charge in [0.05, 0.1) is 17.7 Å².